The summed E-state index contributed by atoms with van der Waals surface area (Å²) in [6.45, 7) is 4.68. The summed E-state index contributed by atoms with van der Waals surface area (Å²) in [7, 11) is 1.79. The Morgan fingerprint density at radius 1 is 1.25 bits per heavy atom. The first-order valence-corrected chi connectivity index (χ1v) is 7.27. The van der Waals surface area contributed by atoms with Crippen molar-refractivity contribution in [2.24, 2.45) is 5.73 Å². The molecule has 3 rings (SSSR count). The van der Waals surface area contributed by atoms with Crippen LogP contribution in [0, 0.1) is 0 Å². The molecule has 0 atom stereocenters. The van der Waals surface area contributed by atoms with E-state index in [1.54, 1.807) is 19.5 Å². The summed E-state index contributed by atoms with van der Waals surface area (Å²) in [6.07, 6.45) is 6.09. The largest absolute Gasteiger partial charge is 0.381 e. The Kier molecular flexibility index (Phi) is 3.87. The molecule has 0 amide bonds. The average Bonchev–Trinajstić information content (AvgIpc) is 2.49. The molecular formula is C14H23N5O. The number of rotatable bonds is 4. The minimum atomic E-state index is 0.157. The van der Waals surface area contributed by atoms with E-state index in [1.165, 1.54) is 0 Å². The fraction of sp³-hybridized carbons (Fsp3) is 0.714. The first-order chi connectivity index (χ1) is 9.77. The average molecular weight is 277 g/mol. The second-order valence-electron chi connectivity index (χ2n) is 5.72. The third kappa shape index (κ3) is 2.39. The van der Waals surface area contributed by atoms with Gasteiger partial charge < -0.3 is 15.4 Å². The molecule has 0 aromatic carbocycles. The lowest BCUT2D eigenvalue weighted by atomic mass is 9.72. The number of aromatic nitrogens is 2. The first-order valence-electron chi connectivity index (χ1n) is 7.27. The smallest absolute Gasteiger partial charge is 0.225 e. The van der Waals surface area contributed by atoms with Gasteiger partial charge in [-0.3, -0.25) is 4.90 Å². The van der Waals surface area contributed by atoms with Crippen LogP contribution in [0.25, 0.3) is 0 Å². The second kappa shape index (κ2) is 5.63. The minimum absolute atomic E-state index is 0.157. The number of piperazine rings is 1. The highest BCUT2D eigenvalue weighted by Crippen LogP contribution is 2.39. The fourth-order valence-corrected chi connectivity index (χ4v) is 3.34. The van der Waals surface area contributed by atoms with E-state index in [-0.39, 0.29) is 5.54 Å². The maximum absolute atomic E-state index is 6.03. The van der Waals surface area contributed by atoms with Gasteiger partial charge in [-0.05, 0) is 18.9 Å². The highest BCUT2D eigenvalue weighted by Gasteiger charge is 2.48. The van der Waals surface area contributed by atoms with E-state index >= 15 is 0 Å². The summed E-state index contributed by atoms with van der Waals surface area (Å²) in [5.74, 6) is 0.831. The second-order valence-corrected chi connectivity index (χ2v) is 5.72. The number of nitrogens with zero attached hydrogens (tertiary/aromatic N) is 4. The van der Waals surface area contributed by atoms with Crippen LogP contribution in [0.2, 0.25) is 0 Å². The molecule has 2 fully saturated rings. The van der Waals surface area contributed by atoms with Crippen molar-refractivity contribution in [3.05, 3.63) is 18.5 Å². The number of nitrogens with two attached hydrogens (primary N) is 1. The summed E-state index contributed by atoms with van der Waals surface area (Å²) in [6, 6.07) is 1.85. The molecule has 1 saturated heterocycles. The van der Waals surface area contributed by atoms with Crippen LogP contribution in [0.1, 0.15) is 12.8 Å². The summed E-state index contributed by atoms with van der Waals surface area (Å²) in [5, 5.41) is 0. The highest BCUT2D eigenvalue weighted by molar-refractivity contribution is 5.29. The van der Waals surface area contributed by atoms with Gasteiger partial charge in [0.2, 0.25) is 5.95 Å². The van der Waals surface area contributed by atoms with Crippen LogP contribution in [0.3, 0.4) is 0 Å². The van der Waals surface area contributed by atoms with Crippen molar-refractivity contribution in [3.63, 3.8) is 0 Å². The van der Waals surface area contributed by atoms with Crippen LogP contribution >= 0.6 is 0 Å². The van der Waals surface area contributed by atoms with Crippen LogP contribution in [0.15, 0.2) is 18.5 Å². The van der Waals surface area contributed by atoms with Crippen molar-refractivity contribution in [1.29, 1.82) is 0 Å². The molecule has 20 heavy (non-hydrogen) atoms. The zero-order valence-electron chi connectivity index (χ0n) is 12.0. The molecule has 6 heteroatoms. The van der Waals surface area contributed by atoms with Crippen molar-refractivity contribution in [1.82, 2.24) is 14.9 Å². The molecule has 1 aliphatic heterocycles. The Morgan fingerprint density at radius 3 is 2.45 bits per heavy atom. The van der Waals surface area contributed by atoms with Crippen LogP contribution < -0.4 is 10.6 Å². The van der Waals surface area contributed by atoms with Crippen LogP contribution in [0.5, 0.6) is 0 Å². The summed E-state index contributed by atoms with van der Waals surface area (Å²) in [4.78, 5) is 13.4. The lowest BCUT2D eigenvalue weighted by molar-refractivity contribution is -0.0886. The maximum atomic E-state index is 6.03. The van der Waals surface area contributed by atoms with E-state index in [0.29, 0.717) is 12.6 Å². The molecule has 6 nitrogen and oxygen atoms in total. The minimum Gasteiger partial charge on any atom is -0.381 e. The van der Waals surface area contributed by atoms with Gasteiger partial charge in [0, 0.05) is 57.8 Å². The SMILES string of the molecule is COC1CC(CN)(N2CCN(c3ncccn3)CC2)C1. The maximum Gasteiger partial charge on any atom is 0.225 e. The van der Waals surface area contributed by atoms with Gasteiger partial charge in [0.1, 0.15) is 0 Å². The third-order valence-corrected chi connectivity index (χ3v) is 4.71. The molecule has 2 heterocycles. The predicted molar refractivity (Wildman–Crippen MR) is 77.6 cm³/mol. The predicted octanol–water partition coefficient (Wildman–Crippen LogP) is 0.105. The number of anilines is 1. The van der Waals surface area contributed by atoms with Gasteiger partial charge in [0.05, 0.1) is 6.10 Å². The molecule has 2 N–H and O–H groups in total. The molecule has 2 aliphatic rings. The van der Waals surface area contributed by atoms with Crippen LogP contribution in [0.4, 0.5) is 5.95 Å². The fourth-order valence-electron chi connectivity index (χ4n) is 3.34. The molecule has 110 valence electrons. The number of methoxy groups -OCH3 is 1. The lowest BCUT2D eigenvalue weighted by Gasteiger charge is -2.55. The molecule has 1 aliphatic carbocycles. The quantitative estimate of drug-likeness (QED) is 0.842. The first kappa shape index (κ1) is 13.7. The standard InChI is InChI=1S/C14H23N5O/c1-20-12-9-14(10-12,11-15)19-7-5-18(6-8-19)13-16-3-2-4-17-13/h2-4,12H,5-11,15H2,1H3. The van der Waals surface area contributed by atoms with E-state index in [4.69, 9.17) is 10.5 Å². The van der Waals surface area contributed by atoms with Crippen molar-refractivity contribution in [2.75, 3.05) is 44.7 Å². The van der Waals surface area contributed by atoms with E-state index < -0.39 is 0 Å². The van der Waals surface area contributed by atoms with Crippen molar-refractivity contribution in [3.8, 4) is 0 Å². The van der Waals surface area contributed by atoms with E-state index in [1.807, 2.05) is 6.07 Å². The van der Waals surface area contributed by atoms with Gasteiger partial charge in [-0.15, -0.1) is 0 Å². The van der Waals surface area contributed by atoms with Gasteiger partial charge in [0.15, 0.2) is 0 Å². The zero-order chi connectivity index (χ0) is 14.0. The molecule has 1 aromatic rings. The van der Waals surface area contributed by atoms with Crippen LogP contribution in [-0.4, -0.2) is 66.3 Å². The van der Waals surface area contributed by atoms with Gasteiger partial charge in [-0.2, -0.15) is 0 Å². The third-order valence-electron chi connectivity index (χ3n) is 4.71. The topological polar surface area (TPSA) is 67.5 Å². The molecule has 1 saturated carbocycles. The molecule has 1 aromatic heterocycles. The van der Waals surface area contributed by atoms with Crippen molar-refractivity contribution < 1.29 is 4.74 Å². The monoisotopic (exact) mass is 277 g/mol. The van der Waals surface area contributed by atoms with E-state index in [0.717, 1.165) is 45.0 Å². The van der Waals surface area contributed by atoms with Gasteiger partial charge in [-0.25, -0.2) is 9.97 Å². The molecular weight excluding hydrogens is 254 g/mol. The number of hydrogen-bond acceptors (Lipinski definition) is 6. The molecule has 0 spiro atoms. The number of hydrogen-bond donors (Lipinski definition) is 1. The van der Waals surface area contributed by atoms with E-state index in [2.05, 4.69) is 19.8 Å². The Balaban J connectivity index is 1.59. The summed E-state index contributed by atoms with van der Waals surface area (Å²) < 4.78 is 5.41. The summed E-state index contributed by atoms with van der Waals surface area (Å²) >= 11 is 0. The van der Waals surface area contributed by atoms with Gasteiger partial charge in [-0.1, -0.05) is 0 Å². The van der Waals surface area contributed by atoms with Crippen molar-refractivity contribution in [2.45, 2.75) is 24.5 Å². The highest BCUT2D eigenvalue weighted by atomic mass is 16.5. The Hall–Kier alpha value is -1.24. The van der Waals surface area contributed by atoms with E-state index in [9.17, 15) is 0 Å². The molecule has 0 radical (unpaired) electrons. The van der Waals surface area contributed by atoms with Crippen molar-refractivity contribution >= 4 is 5.95 Å². The Bertz CT molecular complexity index is 426. The van der Waals surface area contributed by atoms with Gasteiger partial charge >= 0.3 is 0 Å². The molecule has 0 unspecified atom stereocenters. The van der Waals surface area contributed by atoms with Crippen LogP contribution in [-0.2, 0) is 4.74 Å². The normalized spacial score (nSPS) is 31.1. The number of ether oxygens (including phenoxy) is 1. The zero-order valence-corrected chi connectivity index (χ0v) is 12.0. The summed E-state index contributed by atoms with van der Waals surface area (Å²) in [5.41, 5.74) is 6.18. The Morgan fingerprint density at radius 2 is 1.90 bits per heavy atom. The molecule has 0 bridgehead atoms. The van der Waals surface area contributed by atoms with Gasteiger partial charge in [0.25, 0.3) is 0 Å². The lowest BCUT2D eigenvalue weighted by Crippen LogP contribution is -2.67. The Labute approximate surface area is 119 Å².